The van der Waals surface area contributed by atoms with Crippen molar-refractivity contribution in [1.29, 1.82) is 0 Å². The molecular weight excluding hydrogens is 357 g/mol. The van der Waals surface area contributed by atoms with Crippen molar-refractivity contribution in [3.8, 4) is 0 Å². The summed E-state index contributed by atoms with van der Waals surface area (Å²) in [4.78, 5) is 0. The third kappa shape index (κ3) is 4.04. The maximum Gasteiger partial charge on any atom is 0.194 e. The Bertz CT molecular complexity index is 687. The van der Waals surface area contributed by atoms with Gasteiger partial charge in [0, 0.05) is 0 Å². The second kappa shape index (κ2) is 8.63. The lowest BCUT2D eigenvalue weighted by atomic mass is 9.55. The standard InChI is InChI=1S/C25H33F3/c1-2-3-4-5-16-6-10-21-18(12-16)7-8-19-13-17(9-11-22(19)21)20-14-23(26)25(28)24(27)15-20/h4-5,14-19,21-22H,2-3,6-13H2,1H3. The predicted octanol–water partition coefficient (Wildman–Crippen LogP) is 7.79. The summed E-state index contributed by atoms with van der Waals surface area (Å²) in [6.07, 6.45) is 17.0. The van der Waals surface area contributed by atoms with E-state index in [1.54, 1.807) is 0 Å². The summed E-state index contributed by atoms with van der Waals surface area (Å²) in [5.74, 6) is 0.671. The topological polar surface area (TPSA) is 0 Å². The van der Waals surface area contributed by atoms with Crippen LogP contribution in [0.5, 0.6) is 0 Å². The van der Waals surface area contributed by atoms with Crippen LogP contribution >= 0.6 is 0 Å². The molecule has 0 saturated heterocycles. The zero-order valence-corrected chi connectivity index (χ0v) is 17.0. The summed E-state index contributed by atoms with van der Waals surface area (Å²) < 4.78 is 40.7. The molecule has 1 aromatic carbocycles. The summed E-state index contributed by atoms with van der Waals surface area (Å²) in [5, 5.41) is 0. The zero-order valence-electron chi connectivity index (χ0n) is 17.0. The highest BCUT2D eigenvalue weighted by Gasteiger charge is 2.44. The molecule has 0 N–H and O–H groups in total. The first-order valence-corrected chi connectivity index (χ1v) is 11.4. The van der Waals surface area contributed by atoms with Crippen molar-refractivity contribution >= 4 is 0 Å². The number of unbranched alkanes of at least 4 members (excludes halogenated alkanes) is 1. The van der Waals surface area contributed by atoms with Gasteiger partial charge in [-0.25, -0.2) is 13.2 Å². The van der Waals surface area contributed by atoms with Gasteiger partial charge in [0.25, 0.3) is 0 Å². The fourth-order valence-electron chi connectivity index (χ4n) is 6.57. The van der Waals surface area contributed by atoms with Gasteiger partial charge in [0.2, 0.25) is 0 Å². The van der Waals surface area contributed by atoms with Gasteiger partial charge in [-0.1, -0.05) is 25.5 Å². The van der Waals surface area contributed by atoms with E-state index in [4.69, 9.17) is 0 Å². The van der Waals surface area contributed by atoms with Crippen LogP contribution in [0.2, 0.25) is 0 Å². The van der Waals surface area contributed by atoms with E-state index in [0.717, 1.165) is 42.9 Å². The lowest BCUT2D eigenvalue weighted by Crippen LogP contribution is -2.41. The van der Waals surface area contributed by atoms with Gasteiger partial charge in [0.1, 0.15) is 0 Å². The van der Waals surface area contributed by atoms with Crippen molar-refractivity contribution in [2.24, 2.45) is 29.6 Å². The normalized spacial score (nSPS) is 35.6. The molecule has 3 fully saturated rings. The van der Waals surface area contributed by atoms with Crippen molar-refractivity contribution in [3.05, 3.63) is 47.3 Å². The second-order valence-corrected chi connectivity index (χ2v) is 9.52. The Balaban J connectivity index is 1.39. The SMILES string of the molecule is CCCC=CC1CCC2C(CCC3CC(c4cc(F)c(F)c(F)c4)CCC32)C1. The van der Waals surface area contributed by atoms with Crippen molar-refractivity contribution < 1.29 is 13.2 Å². The Hall–Kier alpha value is -1.25. The van der Waals surface area contributed by atoms with Crippen molar-refractivity contribution in [3.63, 3.8) is 0 Å². The smallest absolute Gasteiger partial charge is 0.194 e. The van der Waals surface area contributed by atoms with Crippen LogP contribution in [0.15, 0.2) is 24.3 Å². The molecule has 0 heterocycles. The van der Waals surface area contributed by atoms with Gasteiger partial charge in [0.05, 0.1) is 0 Å². The Kier molecular flexibility index (Phi) is 6.18. The van der Waals surface area contributed by atoms with Crippen LogP contribution in [0.3, 0.4) is 0 Å². The van der Waals surface area contributed by atoms with Gasteiger partial charge in [0.15, 0.2) is 17.5 Å². The largest absolute Gasteiger partial charge is 0.204 e. The summed E-state index contributed by atoms with van der Waals surface area (Å²) in [7, 11) is 0. The highest BCUT2D eigenvalue weighted by Crippen LogP contribution is 2.54. The van der Waals surface area contributed by atoms with E-state index in [-0.39, 0.29) is 5.92 Å². The minimum atomic E-state index is -1.34. The lowest BCUT2D eigenvalue weighted by Gasteiger charge is -2.50. The van der Waals surface area contributed by atoms with Crippen LogP contribution in [0.1, 0.15) is 82.6 Å². The van der Waals surface area contributed by atoms with Crippen LogP contribution in [-0.4, -0.2) is 0 Å². The van der Waals surface area contributed by atoms with Gasteiger partial charge < -0.3 is 0 Å². The van der Waals surface area contributed by atoms with Crippen LogP contribution in [0.25, 0.3) is 0 Å². The first kappa shape index (κ1) is 20.0. The molecule has 154 valence electrons. The maximum absolute atomic E-state index is 13.7. The van der Waals surface area contributed by atoms with Crippen molar-refractivity contribution in [2.45, 2.75) is 77.0 Å². The Labute approximate surface area is 167 Å². The van der Waals surface area contributed by atoms with Crippen LogP contribution in [0, 0.1) is 47.0 Å². The summed E-state index contributed by atoms with van der Waals surface area (Å²) >= 11 is 0. The highest BCUT2D eigenvalue weighted by molar-refractivity contribution is 5.24. The Morgan fingerprint density at radius 1 is 0.857 bits per heavy atom. The van der Waals surface area contributed by atoms with E-state index >= 15 is 0 Å². The molecule has 3 heteroatoms. The van der Waals surface area contributed by atoms with Gasteiger partial charge >= 0.3 is 0 Å². The number of halogens is 3. The summed E-state index contributed by atoms with van der Waals surface area (Å²) in [6.45, 7) is 2.23. The van der Waals surface area contributed by atoms with E-state index in [1.165, 1.54) is 57.1 Å². The molecule has 6 atom stereocenters. The zero-order chi connectivity index (χ0) is 19.7. The summed E-state index contributed by atoms with van der Waals surface area (Å²) in [5.41, 5.74) is 0.654. The fourth-order valence-corrected chi connectivity index (χ4v) is 6.57. The number of benzene rings is 1. The Morgan fingerprint density at radius 2 is 1.50 bits per heavy atom. The highest BCUT2D eigenvalue weighted by atomic mass is 19.2. The van der Waals surface area contributed by atoms with E-state index in [1.807, 2.05) is 0 Å². The van der Waals surface area contributed by atoms with Crippen molar-refractivity contribution in [2.75, 3.05) is 0 Å². The molecule has 0 aromatic heterocycles. The number of allylic oxidation sites excluding steroid dienone is 2. The molecule has 0 amide bonds. The van der Waals surface area contributed by atoms with Gasteiger partial charge in [-0.15, -0.1) is 0 Å². The van der Waals surface area contributed by atoms with Crippen LogP contribution in [-0.2, 0) is 0 Å². The van der Waals surface area contributed by atoms with Gasteiger partial charge in [-0.2, -0.15) is 0 Å². The van der Waals surface area contributed by atoms with Crippen molar-refractivity contribution in [1.82, 2.24) is 0 Å². The minimum Gasteiger partial charge on any atom is -0.204 e. The molecule has 1 aromatic rings. The number of fused-ring (bicyclic) bond motifs is 3. The molecule has 3 aliphatic carbocycles. The first-order chi connectivity index (χ1) is 13.6. The molecular formula is C25H33F3. The number of rotatable bonds is 4. The third-order valence-corrected chi connectivity index (χ3v) is 7.92. The van der Waals surface area contributed by atoms with E-state index in [9.17, 15) is 13.2 Å². The third-order valence-electron chi connectivity index (χ3n) is 7.92. The lowest BCUT2D eigenvalue weighted by molar-refractivity contribution is 0.0127. The summed E-state index contributed by atoms with van der Waals surface area (Å²) in [6, 6.07) is 2.45. The van der Waals surface area contributed by atoms with Gasteiger partial charge in [-0.3, -0.25) is 0 Å². The van der Waals surface area contributed by atoms with E-state index < -0.39 is 17.5 Å². The molecule has 0 spiro atoms. The molecule has 6 unspecified atom stereocenters. The molecule has 0 aliphatic heterocycles. The molecule has 4 rings (SSSR count). The molecule has 0 nitrogen and oxygen atoms in total. The molecule has 28 heavy (non-hydrogen) atoms. The van der Waals surface area contributed by atoms with E-state index in [2.05, 4.69) is 19.1 Å². The number of hydrogen-bond donors (Lipinski definition) is 0. The van der Waals surface area contributed by atoms with Gasteiger partial charge in [-0.05, 0) is 111 Å². The first-order valence-electron chi connectivity index (χ1n) is 11.4. The quantitative estimate of drug-likeness (QED) is 0.363. The average molecular weight is 391 g/mol. The molecule has 0 radical (unpaired) electrons. The minimum absolute atomic E-state index is 0.177. The molecule has 0 bridgehead atoms. The molecule has 3 aliphatic rings. The van der Waals surface area contributed by atoms with Crippen LogP contribution in [0.4, 0.5) is 13.2 Å². The maximum atomic E-state index is 13.7. The van der Waals surface area contributed by atoms with E-state index in [0.29, 0.717) is 11.5 Å². The van der Waals surface area contributed by atoms with Crippen LogP contribution < -0.4 is 0 Å². The fraction of sp³-hybridized carbons (Fsp3) is 0.680. The molecule has 3 saturated carbocycles. The second-order valence-electron chi connectivity index (χ2n) is 9.52. The Morgan fingerprint density at radius 3 is 2.18 bits per heavy atom. The average Bonchev–Trinajstić information content (AvgIpc) is 2.71. The number of hydrogen-bond acceptors (Lipinski definition) is 0. The predicted molar refractivity (Wildman–Crippen MR) is 107 cm³/mol. The monoisotopic (exact) mass is 390 g/mol.